The zero-order valence-corrected chi connectivity index (χ0v) is 10.2. The predicted octanol–water partition coefficient (Wildman–Crippen LogP) is 0.786. The fourth-order valence-electron chi connectivity index (χ4n) is 1.32. The van der Waals surface area contributed by atoms with Gasteiger partial charge in [-0.1, -0.05) is 0 Å². The van der Waals surface area contributed by atoms with Crippen molar-refractivity contribution in [3.63, 3.8) is 0 Å². The number of rotatable bonds is 4. The van der Waals surface area contributed by atoms with Crippen molar-refractivity contribution in [2.24, 2.45) is 0 Å². The summed E-state index contributed by atoms with van der Waals surface area (Å²) in [5.41, 5.74) is -0.202. The minimum Gasteiger partial charge on any atom is -0.507 e. The standard InChI is InChI=1S/C12H15FN2O3/c1-7(2)15-11(17)6-14-12(18)9-5-8(13)3-4-10(9)16/h3-5,7,16H,6H2,1-2H3,(H,14,18)(H,15,17). The van der Waals surface area contributed by atoms with Crippen LogP contribution in [0.15, 0.2) is 18.2 Å². The van der Waals surface area contributed by atoms with Crippen molar-refractivity contribution in [2.75, 3.05) is 6.54 Å². The quantitative estimate of drug-likeness (QED) is 0.743. The number of amides is 2. The molecule has 0 bridgehead atoms. The Balaban J connectivity index is 2.60. The molecular weight excluding hydrogens is 239 g/mol. The molecule has 3 N–H and O–H groups in total. The van der Waals surface area contributed by atoms with Crippen LogP contribution >= 0.6 is 0 Å². The van der Waals surface area contributed by atoms with Crippen LogP contribution < -0.4 is 10.6 Å². The number of carbonyl (C=O) groups is 2. The van der Waals surface area contributed by atoms with Crippen LogP contribution in [0.1, 0.15) is 24.2 Å². The van der Waals surface area contributed by atoms with E-state index in [1.165, 1.54) is 0 Å². The highest BCUT2D eigenvalue weighted by atomic mass is 19.1. The van der Waals surface area contributed by atoms with E-state index >= 15 is 0 Å². The summed E-state index contributed by atoms with van der Waals surface area (Å²) in [7, 11) is 0. The minimum absolute atomic E-state index is 0.0306. The van der Waals surface area contributed by atoms with Gasteiger partial charge in [0.15, 0.2) is 0 Å². The first kappa shape index (κ1) is 14.0. The van der Waals surface area contributed by atoms with E-state index < -0.39 is 11.7 Å². The Hall–Kier alpha value is -2.11. The van der Waals surface area contributed by atoms with Crippen LogP contribution in [0.25, 0.3) is 0 Å². The Morgan fingerprint density at radius 3 is 2.67 bits per heavy atom. The van der Waals surface area contributed by atoms with Gasteiger partial charge in [0.05, 0.1) is 12.1 Å². The zero-order valence-electron chi connectivity index (χ0n) is 10.2. The number of nitrogens with one attached hydrogen (secondary N) is 2. The molecule has 0 fully saturated rings. The molecule has 0 radical (unpaired) electrons. The molecule has 0 unspecified atom stereocenters. The van der Waals surface area contributed by atoms with Crippen LogP contribution in [0, 0.1) is 5.82 Å². The van der Waals surface area contributed by atoms with E-state index in [4.69, 9.17) is 0 Å². The molecule has 1 rings (SSSR count). The Morgan fingerprint density at radius 2 is 2.06 bits per heavy atom. The molecule has 18 heavy (non-hydrogen) atoms. The third kappa shape index (κ3) is 4.04. The van der Waals surface area contributed by atoms with Gasteiger partial charge in [0.25, 0.3) is 5.91 Å². The molecule has 6 heteroatoms. The highest BCUT2D eigenvalue weighted by Gasteiger charge is 2.13. The van der Waals surface area contributed by atoms with E-state index in [0.29, 0.717) is 0 Å². The number of carbonyl (C=O) groups excluding carboxylic acids is 2. The van der Waals surface area contributed by atoms with Gasteiger partial charge in [-0.2, -0.15) is 0 Å². The Kier molecular flexibility index (Phi) is 4.65. The first-order valence-corrected chi connectivity index (χ1v) is 5.46. The summed E-state index contributed by atoms with van der Waals surface area (Å²) in [4.78, 5) is 22.9. The van der Waals surface area contributed by atoms with Gasteiger partial charge in [-0.05, 0) is 32.0 Å². The summed E-state index contributed by atoms with van der Waals surface area (Å²) in [6.45, 7) is 3.35. The third-order valence-electron chi connectivity index (χ3n) is 2.06. The van der Waals surface area contributed by atoms with E-state index in [-0.39, 0.29) is 29.8 Å². The van der Waals surface area contributed by atoms with Crippen molar-refractivity contribution in [2.45, 2.75) is 19.9 Å². The van der Waals surface area contributed by atoms with Crippen molar-refractivity contribution in [3.05, 3.63) is 29.6 Å². The highest BCUT2D eigenvalue weighted by Crippen LogP contribution is 2.17. The van der Waals surface area contributed by atoms with Crippen LogP contribution in [-0.2, 0) is 4.79 Å². The SMILES string of the molecule is CC(C)NC(=O)CNC(=O)c1cc(F)ccc1O. The lowest BCUT2D eigenvalue weighted by Crippen LogP contribution is -2.39. The smallest absolute Gasteiger partial charge is 0.255 e. The average Bonchev–Trinajstić information content (AvgIpc) is 2.28. The Morgan fingerprint density at radius 1 is 1.39 bits per heavy atom. The molecule has 5 nitrogen and oxygen atoms in total. The maximum absolute atomic E-state index is 12.9. The molecule has 0 atom stereocenters. The van der Waals surface area contributed by atoms with E-state index in [1.807, 2.05) is 0 Å². The second kappa shape index (κ2) is 6.00. The first-order valence-electron chi connectivity index (χ1n) is 5.46. The van der Waals surface area contributed by atoms with Crippen LogP contribution in [0.4, 0.5) is 4.39 Å². The number of phenols is 1. The number of halogens is 1. The molecule has 0 aliphatic carbocycles. The van der Waals surface area contributed by atoms with Crippen molar-refractivity contribution in [1.82, 2.24) is 10.6 Å². The summed E-state index contributed by atoms with van der Waals surface area (Å²) in [6.07, 6.45) is 0. The number of aromatic hydroxyl groups is 1. The summed E-state index contributed by atoms with van der Waals surface area (Å²) in [6, 6.07) is 3.00. The third-order valence-corrected chi connectivity index (χ3v) is 2.06. The molecule has 0 spiro atoms. The average molecular weight is 254 g/mol. The van der Waals surface area contributed by atoms with Gasteiger partial charge < -0.3 is 15.7 Å². The normalized spacial score (nSPS) is 10.2. The lowest BCUT2D eigenvalue weighted by molar-refractivity contribution is -0.120. The van der Waals surface area contributed by atoms with E-state index in [9.17, 15) is 19.1 Å². The van der Waals surface area contributed by atoms with Crippen molar-refractivity contribution in [1.29, 1.82) is 0 Å². The van der Waals surface area contributed by atoms with Crippen molar-refractivity contribution >= 4 is 11.8 Å². The number of hydrogen-bond donors (Lipinski definition) is 3. The second-order valence-electron chi connectivity index (χ2n) is 4.07. The molecule has 0 aromatic heterocycles. The monoisotopic (exact) mass is 254 g/mol. The molecule has 1 aromatic carbocycles. The van der Waals surface area contributed by atoms with Crippen LogP contribution in [0.5, 0.6) is 5.75 Å². The summed E-state index contributed by atoms with van der Waals surface area (Å²) in [5.74, 6) is -2.03. The van der Waals surface area contributed by atoms with Crippen LogP contribution in [0.3, 0.4) is 0 Å². The maximum Gasteiger partial charge on any atom is 0.255 e. The number of benzene rings is 1. The molecule has 0 saturated heterocycles. The lowest BCUT2D eigenvalue weighted by atomic mass is 10.2. The zero-order chi connectivity index (χ0) is 13.7. The fourth-order valence-corrected chi connectivity index (χ4v) is 1.32. The fraction of sp³-hybridized carbons (Fsp3) is 0.333. The predicted molar refractivity (Wildman–Crippen MR) is 63.7 cm³/mol. The number of hydrogen-bond acceptors (Lipinski definition) is 3. The molecule has 0 aliphatic rings. The van der Waals surface area contributed by atoms with E-state index in [1.54, 1.807) is 13.8 Å². The molecule has 2 amide bonds. The summed E-state index contributed by atoms with van der Waals surface area (Å²) >= 11 is 0. The highest BCUT2D eigenvalue weighted by molar-refractivity contribution is 5.98. The van der Waals surface area contributed by atoms with Gasteiger partial charge in [-0.3, -0.25) is 9.59 Å². The molecule has 0 saturated carbocycles. The second-order valence-corrected chi connectivity index (χ2v) is 4.07. The van der Waals surface area contributed by atoms with Crippen LogP contribution in [0.2, 0.25) is 0 Å². The summed E-state index contributed by atoms with van der Waals surface area (Å²) < 4.78 is 12.9. The Bertz CT molecular complexity index is 461. The van der Waals surface area contributed by atoms with Crippen molar-refractivity contribution < 1.29 is 19.1 Å². The lowest BCUT2D eigenvalue weighted by Gasteiger charge is -2.09. The van der Waals surface area contributed by atoms with E-state index in [2.05, 4.69) is 10.6 Å². The van der Waals surface area contributed by atoms with Gasteiger partial charge >= 0.3 is 0 Å². The van der Waals surface area contributed by atoms with Gasteiger partial charge in [0, 0.05) is 6.04 Å². The largest absolute Gasteiger partial charge is 0.507 e. The maximum atomic E-state index is 12.9. The number of phenolic OH excluding ortho intramolecular Hbond substituents is 1. The van der Waals surface area contributed by atoms with Crippen LogP contribution in [-0.4, -0.2) is 29.5 Å². The van der Waals surface area contributed by atoms with Gasteiger partial charge in [-0.15, -0.1) is 0 Å². The molecule has 0 heterocycles. The molecule has 1 aromatic rings. The summed E-state index contributed by atoms with van der Waals surface area (Å²) in [5, 5.41) is 14.3. The Labute approximate surface area is 104 Å². The first-order chi connectivity index (χ1) is 8.40. The van der Waals surface area contributed by atoms with Gasteiger partial charge in [0.1, 0.15) is 11.6 Å². The molecule has 98 valence electrons. The van der Waals surface area contributed by atoms with Gasteiger partial charge in [-0.25, -0.2) is 4.39 Å². The van der Waals surface area contributed by atoms with Gasteiger partial charge in [0.2, 0.25) is 5.91 Å². The minimum atomic E-state index is -0.703. The van der Waals surface area contributed by atoms with E-state index in [0.717, 1.165) is 18.2 Å². The van der Waals surface area contributed by atoms with Crippen molar-refractivity contribution in [3.8, 4) is 5.75 Å². The molecule has 0 aliphatic heterocycles. The topological polar surface area (TPSA) is 78.4 Å². The molecular formula is C12H15FN2O3.